The number of urea groups is 1. The van der Waals surface area contributed by atoms with Gasteiger partial charge in [0.05, 0.1) is 0 Å². The predicted molar refractivity (Wildman–Crippen MR) is 147 cm³/mol. The Bertz CT molecular complexity index is 1280. The van der Waals surface area contributed by atoms with Gasteiger partial charge in [0.25, 0.3) is 0 Å². The molecule has 7 heteroatoms. The average Bonchev–Trinajstić information content (AvgIpc) is 2.85. The van der Waals surface area contributed by atoms with Gasteiger partial charge in [-0.2, -0.15) is 0 Å². The van der Waals surface area contributed by atoms with Crippen molar-refractivity contribution >= 4 is 50.9 Å². The van der Waals surface area contributed by atoms with Gasteiger partial charge in [-0.1, -0.05) is 75.5 Å². The molecule has 0 aliphatic rings. The first-order valence-corrected chi connectivity index (χ1v) is 12.6. The van der Waals surface area contributed by atoms with Crippen LogP contribution < -0.4 is 10.1 Å². The summed E-state index contributed by atoms with van der Waals surface area (Å²) in [6.07, 6.45) is 0.587. The minimum absolute atomic E-state index is 0.202. The molecule has 0 heterocycles. The largest absolute Gasteiger partial charge is 0.457 e. The Morgan fingerprint density at radius 2 is 1.60 bits per heavy atom. The number of hydrogen-bond donors (Lipinski definition) is 1. The lowest BCUT2D eigenvalue weighted by Crippen LogP contribution is -2.36. The first-order valence-electron chi connectivity index (χ1n) is 11.0. The van der Waals surface area contributed by atoms with Crippen molar-refractivity contribution in [3.8, 4) is 11.5 Å². The van der Waals surface area contributed by atoms with Crippen LogP contribution in [0.5, 0.6) is 11.5 Å². The van der Waals surface area contributed by atoms with Gasteiger partial charge in [-0.25, -0.2) is 4.79 Å². The zero-order chi connectivity index (χ0) is 24.6. The summed E-state index contributed by atoms with van der Waals surface area (Å²) < 4.78 is 6.92. The average molecular weight is 570 g/mol. The number of para-hydroxylation sites is 1. The molecule has 0 aliphatic carbocycles. The van der Waals surface area contributed by atoms with Crippen LogP contribution in [0.4, 0.5) is 10.5 Å². The molecule has 4 rings (SSSR count). The first kappa shape index (κ1) is 25.1. The van der Waals surface area contributed by atoms with E-state index in [1.807, 2.05) is 84.9 Å². The van der Waals surface area contributed by atoms with Crippen LogP contribution in [0.2, 0.25) is 10.0 Å². The molecule has 0 bridgehead atoms. The van der Waals surface area contributed by atoms with E-state index in [1.54, 1.807) is 17.0 Å². The van der Waals surface area contributed by atoms with E-state index in [2.05, 4.69) is 21.2 Å². The fourth-order valence-corrected chi connectivity index (χ4v) is 4.29. The van der Waals surface area contributed by atoms with Crippen molar-refractivity contribution in [2.75, 3.05) is 11.9 Å². The van der Waals surface area contributed by atoms with Gasteiger partial charge in [0.2, 0.25) is 0 Å². The van der Waals surface area contributed by atoms with Crippen molar-refractivity contribution in [2.45, 2.75) is 13.0 Å². The summed E-state index contributed by atoms with van der Waals surface area (Å²) >= 11 is 15.8. The van der Waals surface area contributed by atoms with Gasteiger partial charge < -0.3 is 15.0 Å². The zero-order valence-electron chi connectivity index (χ0n) is 18.8. The SMILES string of the molecule is O=C(Nc1ccc(Br)cc1)N(CCc1ccc(Cl)cc1Cl)Cc1cccc(Oc2ccccc2)c1. The second kappa shape index (κ2) is 12.1. The Morgan fingerprint density at radius 3 is 2.34 bits per heavy atom. The number of ether oxygens (including phenoxy) is 1. The summed E-state index contributed by atoms with van der Waals surface area (Å²) in [5, 5.41) is 4.15. The normalized spacial score (nSPS) is 10.6. The van der Waals surface area contributed by atoms with E-state index >= 15 is 0 Å². The highest BCUT2D eigenvalue weighted by atomic mass is 79.9. The molecule has 4 aromatic rings. The zero-order valence-corrected chi connectivity index (χ0v) is 21.9. The van der Waals surface area contributed by atoms with E-state index in [1.165, 1.54) is 0 Å². The maximum atomic E-state index is 13.3. The highest BCUT2D eigenvalue weighted by Crippen LogP contribution is 2.24. The summed E-state index contributed by atoms with van der Waals surface area (Å²) in [6, 6.07) is 30.0. The quantitative estimate of drug-likeness (QED) is 0.230. The number of carbonyl (C=O) groups is 1. The van der Waals surface area contributed by atoms with E-state index in [0.717, 1.165) is 21.3 Å². The lowest BCUT2D eigenvalue weighted by atomic mass is 10.1. The number of nitrogens with one attached hydrogen (secondary N) is 1. The minimum atomic E-state index is -0.202. The number of halogens is 3. The molecule has 0 saturated carbocycles. The standard InChI is InChI=1S/C28H23BrCl2N2O2/c29-22-10-13-24(14-11-22)32-28(34)33(16-15-21-9-12-23(30)18-27(21)31)19-20-5-4-8-26(17-20)35-25-6-2-1-3-7-25/h1-14,17-18H,15-16,19H2,(H,32,34). The highest BCUT2D eigenvalue weighted by molar-refractivity contribution is 9.10. The molecule has 0 spiro atoms. The molecule has 35 heavy (non-hydrogen) atoms. The molecule has 0 aromatic heterocycles. The maximum absolute atomic E-state index is 13.3. The fourth-order valence-electron chi connectivity index (χ4n) is 3.52. The predicted octanol–water partition coefficient (Wildman–Crippen LogP) is 8.82. The summed E-state index contributed by atoms with van der Waals surface area (Å²) in [5.41, 5.74) is 2.60. The van der Waals surface area contributed by atoms with E-state index in [4.69, 9.17) is 27.9 Å². The molecule has 4 aromatic carbocycles. The summed E-state index contributed by atoms with van der Waals surface area (Å²) in [6.45, 7) is 0.868. The Morgan fingerprint density at radius 1 is 0.857 bits per heavy atom. The van der Waals surface area contributed by atoms with Gasteiger partial charge >= 0.3 is 6.03 Å². The molecule has 178 valence electrons. The van der Waals surface area contributed by atoms with Crippen LogP contribution in [0, 0.1) is 0 Å². The van der Waals surface area contributed by atoms with Crippen LogP contribution >= 0.6 is 39.1 Å². The fraction of sp³-hybridized carbons (Fsp3) is 0.107. The Balaban J connectivity index is 1.51. The first-order chi connectivity index (χ1) is 17.0. The molecule has 2 amide bonds. The van der Waals surface area contributed by atoms with Gasteiger partial charge in [0, 0.05) is 33.3 Å². The molecular formula is C28H23BrCl2N2O2. The summed E-state index contributed by atoms with van der Waals surface area (Å²) in [7, 11) is 0. The Kier molecular flexibility index (Phi) is 8.69. The van der Waals surface area contributed by atoms with Crippen molar-refractivity contribution in [2.24, 2.45) is 0 Å². The van der Waals surface area contributed by atoms with Crippen LogP contribution in [0.25, 0.3) is 0 Å². The van der Waals surface area contributed by atoms with Crippen LogP contribution in [0.15, 0.2) is 102 Å². The maximum Gasteiger partial charge on any atom is 0.322 e. The van der Waals surface area contributed by atoms with E-state index in [-0.39, 0.29) is 6.03 Å². The summed E-state index contributed by atoms with van der Waals surface area (Å²) in [5.74, 6) is 1.47. The van der Waals surface area contributed by atoms with Gasteiger partial charge in [-0.05, 0) is 78.2 Å². The second-order valence-corrected chi connectivity index (χ2v) is 9.67. The van der Waals surface area contributed by atoms with Gasteiger partial charge in [-0.15, -0.1) is 0 Å². The van der Waals surface area contributed by atoms with Crippen LogP contribution in [0.3, 0.4) is 0 Å². The number of anilines is 1. The van der Waals surface area contributed by atoms with Gasteiger partial charge in [0.1, 0.15) is 11.5 Å². The number of carbonyl (C=O) groups excluding carboxylic acids is 1. The molecule has 4 nitrogen and oxygen atoms in total. The van der Waals surface area contributed by atoms with E-state index < -0.39 is 0 Å². The Labute approximate surface area is 223 Å². The number of nitrogens with zero attached hydrogens (tertiary/aromatic N) is 1. The van der Waals surface area contributed by atoms with Crippen LogP contribution in [-0.2, 0) is 13.0 Å². The Hall–Kier alpha value is -2.99. The third-order valence-corrected chi connectivity index (χ3v) is 6.42. The lowest BCUT2D eigenvalue weighted by molar-refractivity contribution is 0.209. The number of amides is 2. The van der Waals surface area contributed by atoms with Gasteiger partial charge in [-0.3, -0.25) is 0 Å². The monoisotopic (exact) mass is 568 g/mol. The van der Waals surface area contributed by atoms with Crippen molar-refractivity contribution in [3.05, 3.63) is 123 Å². The molecule has 0 atom stereocenters. The number of benzene rings is 4. The third kappa shape index (κ3) is 7.49. The lowest BCUT2D eigenvalue weighted by Gasteiger charge is -2.24. The molecule has 0 saturated heterocycles. The number of hydrogen-bond acceptors (Lipinski definition) is 2. The van der Waals surface area contributed by atoms with Gasteiger partial charge in [0.15, 0.2) is 0 Å². The van der Waals surface area contributed by atoms with Crippen LogP contribution in [0.1, 0.15) is 11.1 Å². The van der Waals surface area contributed by atoms with Crippen molar-refractivity contribution in [3.63, 3.8) is 0 Å². The molecular weight excluding hydrogens is 547 g/mol. The molecule has 1 N–H and O–H groups in total. The smallest absolute Gasteiger partial charge is 0.322 e. The molecule has 0 radical (unpaired) electrons. The highest BCUT2D eigenvalue weighted by Gasteiger charge is 2.16. The molecule has 0 aliphatic heterocycles. The van der Waals surface area contributed by atoms with E-state index in [9.17, 15) is 4.79 Å². The number of rotatable bonds is 8. The van der Waals surface area contributed by atoms with Crippen molar-refractivity contribution in [1.82, 2.24) is 4.90 Å². The topological polar surface area (TPSA) is 41.6 Å². The third-order valence-electron chi connectivity index (χ3n) is 5.30. The molecule has 0 unspecified atom stereocenters. The molecule has 0 fully saturated rings. The van der Waals surface area contributed by atoms with Crippen molar-refractivity contribution in [1.29, 1.82) is 0 Å². The van der Waals surface area contributed by atoms with Crippen molar-refractivity contribution < 1.29 is 9.53 Å². The summed E-state index contributed by atoms with van der Waals surface area (Å²) in [4.78, 5) is 15.0. The van der Waals surface area contributed by atoms with E-state index in [0.29, 0.717) is 41.0 Å². The second-order valence-electron chi connectivity index (χ2n) is 7.91. The minimum Gasteiger partial charge on any atom is -0.457 e. The van der Waals surface area contributed by atoms with Crippen LogP contribution in [-0.4, -0.2) is 17.5 Å².